The quantitative estimate of drug-likeness (QED) is 0.571. The first-order chi connectivity index (χ1) is 7.58. The molecule has 1 aromatic rings. The van der Waals surface area contributed by atoms with Gasteiger partial charge in [0.25, 0.3) is 0 Å². The van der Waals surface area contributed by atoms with Crippen LogP contribution in [-0.2, 0) is 0 Å². The van der Waals surface area contributed by atoms with Gasteiger partial charge in [-0.2, -0.15) is 0 Å². The van der Waals surface area contributed by atoms with Crippen molar-refractivity contribution in [3.8, 4) is 0 Å². The maximum absolute atomic E-state index is 9.29. The molecular weight excluding hydrogens is 238 g/mol. The summed E-state index contributed by atoms with van der Waals surface area (Å²) in [5, 5.41) is 12.5. The molecule has 0 saturated heterocycles. The topological polar surface area (TPSA) is 62.6 Å². The molecule has 0 aliphatic rings. The molecule has 0 saturated carbocycles. The van der Waals surface area contributed by atoms with Crippen LogP contribution >= 0.6 is 12.4 Å². The number of hydrogen-bond donors (Lipinski definition) is 3. The SMILES string of the molecule is Cl.[C-]#[N+]c1cc(C(CO)NC(C)C)ccc1N. The molecule has 0 spiro atoms. The molecule has 0 fully saturated rings. The zero-order chi connectivity index (χ0) is 12.1. The third-order valence-corrected chi connectivity index (χ3v) is 2.29. The number of nitrogens with two attached hydrogens (primary N) is 1. The predicted molar refractivity (Wildman–Crippen MR) is 72.5 cm³/mol. The van der Waals surface area contributed by atoms with Gasteiger partial charge in [0.2, 0.25) is 5.69 Å². The van der Waals surface area contributed by atoms with E-state index in [1.807, 2.05) is 19.9 Å². The first kappa shape index (κ1) is 15.7. The summed E-state index contributed by atoms with van der Waals surface area (Å²) in [6.45, 7) is 11.0. The highest BCUT2D eigenvalue weighted by molar-refractivity contribution is 5.85. The first-order valence-corrected chi connectivity index (χ1v) is 5.22. The molecule has 17 heavy (non-hydrogen) atoms. The van der Waals surface area contributed by atoms with Crippen LogP contribution in [0.15, 0.2) is 18.2 Å². The number of benzene rings is 1. The summed E-state index contributed by atoms with van der Waals surface area (Å²) in [4.78, 5) is 3.34. The van der Waals surface area contributed by atoms with E-state index in [0.717, 1.165) is 5.56 Å². The molecule has 1 rings (SSSR count). The van der Waals surface area contributed by atoms with Crippen LogP contribution in [0.2, 0.25) is 0 Å². The number of halogens is 1. The van der Waals surface area contributed by atoms with Crippen molar-refractivity contribution in [3.05, 3.63) is 35.2 Å². The van der Waals surface area contributed by atoms with Gasteiger partial charge in [0.05, 0.1) is 19.2 Å². The second-order valence-electron chi connectivity index (χ2n) is 3.99. The number of aliphatic hydroxyl groups is 1. The fraction of sp³-hybridized carbons (Fsp3) is 0.417. The van der Waals surface area contributed by atoms with Crippen molar-refractivity contribution in [3.63, 3.8) is 0 Å². The molecule has 1 aromatic carbocycles. The molecule has 0 bridgehead atoms. The molecule has 0 amide bonds. The highest BCUT2D eigenvalue weighted by Gasteiger charge is 2.12. The van der Waals surface area contributed by atoms with Crippen LogP contribution < -0.4 is 11.1 Å². The molecule has 5 heteroatoms. The Labute approximate surface area is 108 Å². The van der Waals surface area contributed by atoms with Gasteiger partial charge >= 0.3 is 0 Å². The van der Waals surface area contributed by atoms with Crippen LogP contribution in [0.3, 0.4) is 0 Å². The fourth-order valence-corrected chi connectivity index (χ4v) is 1.53. The molecule has 0 radical (unpaired) electrons. The lowest BCUT2D eigenvalue weighted by molar-refractivity contribution is 0.237. The summed E-state index contributed by atoms with van der Waals surface area (Å²) in [5.74, 6) is 0. The average Bonchev–Trinajstić information content (AvgIpc) is 2.26. The minimum absolute atomic E-state index is 0. The lowest BCUT2D eigenvalue weighted by Gasteiger charge is -2.20. The maximum atomic E-state index is 9.29. The van der Waals surface area contributed by atoms with Crippen LogP contribution in [0.25, 0.3) is 4.85 Å². The van der Waals surface area contributed by atoms with Gasteiger partial charge in [-0.1, -0.05) is 19.9 Å². The predicted octanol–water partition coefficient (Wildman–Crippen LogP) is 2.27. The van der Waals surface area contributed by atoms with Gasteiger partial charge < -0.3 is 16.2 Å². The Hall–Kier alpha value is -1.28. The second kappa shape index (κ2) is 7.13. The Balaban J connectivity index is 0.00000256. The Bertz CT molecular complexity index is 401. The number of anilines is 1. The largest absolute Gasteiger partial charge is 0.407 e. The standard InChI is InChI=1S/C12H17N3O.ClH/c1-8(2)15-12(7-16)9-4-5-10(13)11(6-9)14-3;/h4-6,8,12,15-16H,7,13H2,1-2H3;1H. The lowest BCUT2D eigenvalue weighted by atomic mass is 10.1. The molecule has 0 heterocycles. The fourth-order valence-electron chi connectivity index (χ4n) is 1.53. The van der Waals surface area contributed by atoms with Crippen molar-refractivity contribution >= 4 is 23.8 Å². The summed E-state index contributed by atoms with van der Waals surface area (Å²) in [6.07, 6.45) is 0. The molecule has 0 aliphatic carbocycles. The van der Waals surface area contributed by atoms with Gasteiger partial charge in [-0.25, -0.2) is 4.85 Å². The van der Waals surface area contributed by atoms with E-state index < -0.39 is 0 Å². The lowest BCUT2D eigenvalue weighted by Crippen LogP contribution is -2.30. The number of nitrogen functional groups attached to an aromatic ring is 1. The van der Waals surface area contributed by atoms with E-state index in [-0.39, 0.29) is 31.1 Å². The van der Waals surface area contributed by atoms with Crippen molar-refractivity contribution in [2.75, 3.05) is 12.3 Å². The number of hydrogen-bond acceptors (Lipinski definition) is 3. The molecule has 0 aliphatic heterocycles. The summed E-state index contributed by atoms with van der Waals surface area (Å²) in [7, 11) is 0. The smallest absolute Gasteiger partial charge is 0.209 e. The van der Waals surface area contributed by atoms with Crippen LogP contribution in [0.5, 0.6) is 0 Å². The molecule has 4 N–H and O–H groups in total. The van der Waals surface area contributed by atoms with Gasteiger partial charge in [-0.05, 0) is 17.7 Å². The van der Waals surface area contributed by atoms with E-state index >= 15 is 0 Å². The minimum Gasteiger partial charge on any atom is -0.407 e. The summed E-state index contributed by atoms with van der Waals surface area (Å²) in [6, 6.07) is 5.37. The van der Waals surface area contributed by atoms with Gasteiger partial charge in [-0.15, -0.1) is 12.4 Å². The molecule has 4 nitrogen and oxygen atoms in total. The Morgan fingerprint density at radius 1 is 1.47 bits per heavy atom. The Morgan fingerprint density at radius 3 is 2.59 bits per heavy atom. The van der Waals surface area contributed by atoms with Crippen LogP contribution in [0.4, 0.5) is 11.4 Å². The molecule has 1 unspecified atom stereocenters. The highest BCUT2D eigenvalue weighted by Crippen LogP contribution is 2.26. The Kier molecular flexibility index (Phi) is 6.59. The zero-order valence-corrected chi connectivity index (χ0v) is 10.8. The van der Waals surface area contributed by atoms with E-state index in [2.05, 4.69) is 10.2 Å². The van der Waals surface area contributed by atoms with E-state index in [1.165, 1.54) is 0 Å². The van der Waals surface area contributed by atoms with Crippen molar-refractivity contribution in [2.24, 2.45) is 0 Å². The number of nitrogens with zero attached hydrogens (tertiary/aromatic N) is 1. The summed E-state index contributed by atoms with van der Waals surface area (Å²) < 4.78 is 0. The average molecular weight is 256 g/mol. The van der Waals surface area contributed by atoms with Crippen LogP contribution in [0, 0.1) is 6.57 Å². The first-order valence-electron chi connectivity index (χ1n) is 5.22. The second-order valence-corrected chi connectivity index (χ2v) is 3.99. The third-order valence-electron chi connectivity index (χ3n) is 2.29. The van der Waals surface area contributed by atoms with Crippen molar-refractivity contribution in [1.29, 1.82) is 0 Å². The van der Waals surface area contributed by atoms with Gasteiger partial charge in [0.1, 0.15) is 0 Å². The van der Waals surface area contributed by atoms with Crippen molar-refractivity contribution in [2.45, 2.75) is 25.9 Å². The van der Waals surface area contributed by atoms with Gasteiger partial charge in [0, 0.05) is 11.7 Å². The molecule has 94 valence electrons. The molecular formula is C12H18ClN3O. The minimum atomic E-state index is -0.152. The van der Waals surface area contributed by atoms with Gasteiger partial charge in [0.15, 0.2) is 0 Å². The van der Waals surface area contributed by atoms with E-state index in [4.69, 9.17) is 12.3 Å². The van der Waals surface area contributed by atoms with Crippen molar-refractivity contribution < 1.29 is 5.11 Å². The van der Waals surface area contributed by atoms with E-state index in [0.29, 0.717) is 11.4 Å². The number of nitrogens with one attached hydrogen (secondary N) is 1. The van der Waals surface area contributed by atoms with Gasteiger partial charge in [-0.3, -0.25) is 0 Å². The maximum Gasteiger partial charge on any atom is 0.209 e. The van der Waals surface area contributed by atoms with E-state index in [9.17, 15) is 5.11 Å². The van der Waals surface area contributed by atoms with Crippen LogP contribution in [-0.4, -0.2) is 17.8 Å². The van der Waals surface area contributed by atoms with E-state index in [1.54, 1.807) is 12.1 Å². The number of rotatable bonds is 4. The summed E-state index contributed by atoms with van der Waals surface area (Å²) >= 11 is 0. The normalized spacial score (nSPS) is 11.7. The monoisotopic (exact) mass is 255 g/mol. The third kappa shape index (κ3) is 4.23. The molecule has 0 aromatic heterocycles. The number of aliphatic hydroxyl groups excluding tert-OH is 1. The summed E-state index contributed by atoms with van der Waals surface area (Å²) in [5.41, 5.74) is 7.44. The highest BCUT2D eigenvalue weighted by atomic mass is 35.5. The molecule has 1 atom stereocenters. The zero-order valence-electron chi connectivity index (χ0n) is 9.97. The van der Waals surface area contributed by atoms with Crippen LogP contribution in [0.1, 0.15) is 25.5 Å². The Morgan fingerprint density at radius 2 is 2.12 bits per heavy atom. The van der Waals surface area contributed by atoms with Crippen molar-refractivity contribution in [1.82, 2.24) is 5.32 Å².